The lowest BCUT2D eigenvalue weighted by Crippen LogP contribution is -2.28. The van der Waals surface area contributed by atoms with Crippen molar-refractivity contribution in [3.05, 3.63) is 42.7 Å². The zero-order valence-corrected chi connectivity index (χ0v) is 12.4. The summed E-state index contributed by atoms with van der Waals surface area (Å²) >= 11 is 0. The van der Waals surface area contributed by atoms with E-state index in [0.29, 0.717) is 6.54 Å². The second-order valence-corrected chi connectivity index (χ2v) is 4.45. The highest BCUT2D eigenvalue weighted by molar-refractivity contribution is 5.92. The maximum absolute atomic E-state index is 11.8. The summed E-state index contributed by atoms with van der Waals surface area (Å²) in [5, 5.41) is 10.0. The van der Waals surface area contributed by atoms with Gasteiger partial charge in [-0.15, -0.1) is 12.4 Å². The third kappa shape index (κ3) is 4.08. The number of hydrogen-bond donors (Lipinski definition) is 2. The highest BCUT2D eigenvalue weighted by Gasteiger charge is 2.11. The van der Waals surface area contributed by atoms with E-state index < -0.39 is 0 Å². The first-order chi connectivity index (χ1) is 9.20. The quantitative estimate of drug-likeness (QED) is 0.888. The largest absolute Gasteiger partial charge is 0.326 e. The van der Waals surface area contributed by atoms with Crippen LogP contribution in [0.25, 0.3) is 5.69 Å². The van der Waals surface area contributed by atoms with Gasteiger partial charge in [0, 0.05) is 30.5 Å². The van der Waals surface area contributed by atoms with Gasteiger partial charge >= 0.3 is 0 Å². The average molecular weight is 295 g/mol. The predicted octanol–water partition coefficient (Wildman–Crippen LogP) is 2.09. The molecule has 2 N–H and O–H groups in total. The van der Waals surface area contributed by atoms with Crippen LogP contribution in [0.15, 0.2) is 42.7 Å². The molecule has 0 aliphatic carbocycles. The van der Waals surface area contributed by atoms with Gasteiger partial charge in [-0.3, -0.25) is 4.79 Å². The summed E-state index contributed by atoms with van der Waals surface area (Å²) in [5.41, 5.74) is 1.76. The molecule has 0 spiro atoms. The van der Waals surface area contributed by atoms with Gasteiger partial charge in [0.15, 0.2) is 0 Å². The predicted molar refractivity (Wildman–Crippen MR) is 82.5 cm³/mol. The van der Waals surface area contributed by atoms with E-state index in [4.69, 9.17) is 0 Å². The summed E-state index contributed by atoms with van der Waals surface area (Å²) in [6.45, 7) is 2.56. The Balaban J connectivity index is 0.00000200. The first-order valence-electron chi connectivity index (χ1n) is 6.26. The van der Waals surface area contributed by atoms with Crippen molar-refractivity contribution >= 4 is 24.0 Å². The van der Waals surface area contributed by atoms with Crippen LogP contribution in [0.1, 0.15) is 6.92 Å². The molecule has 0 fully saturated rings. The van der Waals surface area contributed by atoms with Crippen molar-refractivity contribution in [2.24, 2.45) is 5.92 Å². The Labute approximate surface area is 124 Å². The van der Waals surface area contributed by atoms with Crippen molar-refractivity contribution in [3.63, 3.8) is 0 Å². The van der Waals surface area contributed by atoms with Crippen molar-refractivity contribution in [1.29, 1.82) is 0 Å². The molecule has 6 heteroatoms. The van der Waals surface area contributed by atoms with E-state index in [1.54, 1.807) is 10.9 Å². The van der Waals surface area contributed by atoms with Gasteiger partial charge in [-0.1, -0.05) is 6.92 Å². The SMILES string of the molecule is CNCC(C)C(=O)Nc1ccc(-n2cccn2)cc1.Cl. The van der Waals surface area contributed by atoms with E-state index >= 15 is 0 Å². The molecule has 0 bridgehead atoms. The van der Waals surface area contributed by atoms with Crippen LogP contribution < -0.4 is 10.6 Å². The highest BCUT2D eigenvalue weighted by Crippen LogP contribution is 2.13. The Morgan fingerprint density at radius 1 is 1.35 bits per heavy atom. The number of nitrogens with one attached hydrogen (secondary N) is 2. The molecule has 1 heterocycles. The number of nitrogens with zero attached hydrogens (tertiary/aromatic N) is 2. The Kier molecular flexibility index (Phi) is 6.21. The third-order valence-corrected chi connectivity index (χ3v) is 2.86. The molecule has 0 saturated carbocycles. The molecule has 0 saturated heterocycles. The molecule has 108 valence electrons. The van der Waals surface area contributed by atoms with Crippen molar-refractivity contribution in [2.45, 2.75) is 6.92 Å². The normalized spacial score (nSPS) is 11.5. The molecule has 2 rings (SSSR count). The molecular formula is C14H19ClN4O. The van der Waals surface area contributed by atoms with Crippen LogP contribution in [0.2, 0.25) is 0 Å². The van der Waals surface area contributed by atoms with Crippen LogP contribution >= 0.6 is 12.4 Å². The Bertz CT molecular complexity index is 525. The summed E-state index contributed by atoms with van der Waals surface area (Å²) in [6.07, 6.45) is 3.61. The third-order valence-electron chi connectivity index (χ3n) is 2.86. The standard InChI is InChI=1S/C14H18N4O.ClH/c1-11(10-15-2)14(19)17-12-4-6-13(7-5-12)18-9-3-8-16-18;/h3-9,11,15H,10H2,1-2H3,(H,17,19);1H. The molecule has 20 heavy (non-hydrogen) atoms. The molecule has 1 unspecified atom stereocenters. The molecule has 0 radical (unpaired) electrons. The summed E-state index contributed by atoms with van der Waals surface area (Å²) in [6, 6.07) is 9.47. The van der Waals surface area contributed by atoms with E-state index in [0.717, 1.165) is 11.4 Å². The second kappa shape index (κ2) is 7.67. The van der Waals surface area contributed by atoms with Crippen molar-refractivity contribution in [2.75, 3.05) is 18.9 Å². The van der Waals surface area contributed by atoms with Gasteiger partial charge in [-0.25, -0.2) is 4.68 Å². The first-order valence-corrected chi connectivity index (χ1v) is 6.26. The zero-order valence-electron chi connectivity index (χ0n) is 11.5. The van der Waals surface area contributed by atoms with Crippen LogP contribution in [0, 0.1) is 5.92 Å². The Hall–Kier alpha value is -1.85. The smallest absolute Gasteiger partial charge is 0.228 e. The lowest BCUT2D eigenvalue weighted by atomic mass is 10.1. The van der Waals surface area contributed by atoms with E-state index in [-0.39, 0.29) is 24.2 Å². The zero-order chi connectivity index (χ0) is 13.7. The number of amides is 1. The van der Waals surface area contributed by atoms with Gasteiger partial charge < -0.3 is 10.6 Å². The molecule has 1 aromatic carbocycles. The molecule has 5 nitrogen and oxygen atoms in total. The van der Waals surface area contributed by atoms with Crippen molar-refractivity contribution in [3.8, 4) is 5.69 Å². The maximum Gasteiger partial charge on any atom is 0.228 e. The van der Waals surface area contributed by atoms with Crippen molar-refractivity contribution < 1.29 is 4.79 Å². The van der Waals surface area contributed by atoms with E-state index in [9.17, 15) is 4.79 Å². The van der Waals surface area contributed by atoms with Crippen LogP contribution in [-0.2, 0) is 4.79 Å². The number of carbonyl (C=O) groups excluding carboxylic acids is 1. The fourth-order valence-corrected chi connectivity index (χ4v) is 1.78. The number of hydrogen-bond acceptors (Lipinski definition) is 3. The summed E-state index contributed by atoms with van der Waals surface area (Å²) in [4.78, 5) is 11.8. The molecule has 1 aromatic heterocycles. The topological polar surface area (TPSA) is 59.0 Å². The minimum absolute atomic E-state index is 0. The lowest BCUT2D eigenvalue weighted by molar-refractivity contribution is -0.119. The molecule has 1 atom stereocenters. The molecule has 1 amide bonds. The van der Waals surface area contributed by atoms with Gasteiger partial charge in [-0.05, 0) is 37.4 Å². The van der Waals surface area contributed by atoms with Crippen LogP contribution in [-0.4, -0.2) is 29.3 Å². The van der Waals surface area contributed by atoms with Gasteiger partial charge in [0.1, 0.15) is 0 Å². The van der Waals surface area contributed by atoms with Gasteiger partial charge in [-0.2, -0.15) is 5.10 Å². The first kappa shape index (κ1) is 16.2. The number of halogens is 1. The fraction of sp³-hybridized carbons (Fsp3) is 0.286. The van der Waals surface area contributed by atoms with Gasteiger partial charge in [0.05, 0.1) is 5.69 Å². The highest BCUT2D eigenvalue weighted by atomic mass is 35.5. The number of aromatic nitrogens is 2. The van der Waals surface area contributed by atoms with E-state index in [1.807, 2.05) is 50.5 Å². The Morgan fingerprint density at radius 3 is 2.60 bits per heavy atom. The summed E-state index contributed by atoms with van der Waals surface area (Å²) < 4.78 is 1.77. The van der Waals surface area contributed by atoms with Crippen LogP contribution in [0.3, 0.4) is 0 Å². The fourth-order valence-electron chi connectivity index (χ4n) is 1.78. The molecule has 0 aliphatic rings. The van der Waals surface area contributed by atoms with E-state index in [1.165, 1.54) is 0 Å². The molecular weight excluding hydrogens is 276 g/mol. The maximum atomic E-state index is 11.8. The summed E-state index contributed by atoms with van der Waals surface area (Å²) in [7, 11) is 1.84. The van der Waals surface area contributed by atoms with E-state index in [2.05, 4.69) is 15.7 Å². The second-order valence-electron chi connectivity index (χ2n) is 4.45. The summed E-state index contributed by atoms with van der Waals surface area (Å²) in [5.74, 6) is -0.0445. The number of rotatable bonds is 5. The molecule has 2 aromatic rings. The van der Waals surface area contributed by atoms with Crippen LogP contribution in [0.5, 0.6) is 0 Å². The number of anilines is 1. The van der Waals surface area contributed by atoms with Gasteiger partial charge in [0.25, 0.3) is 0 Å². The Morgan fingerprint density at radius 2 is 2.05 bits per heavy atom. The van der Waals surface area contributed by atoms with Crippen molar-refractivity contribution in [1.82, 2.24) is 15.1 Å². The number of carbonyl (C=O) groups is 1. The molecule has 0 aliphatic heterocycles. The monoisotopic (exact) mass is 294 g/mol. The minimum atomic E-state index is -0.0595. The number of benzene rings is 1. The minimum Gasteiger partial charge on any atom is -0.326 e. The lowest BCUT2D eigenvalue weighted by Gasteiger charge is -2.12. The average Bonchev–Trinajstić information content (AvgIpc) is 2.94. The van der Waals surface area contributed by atoms with Gasteiger partial charge in [0.2, 0.25) is 5.91 Å². The van der Waals surface area contributed by atoms with Crippen LogP contribution in [0.4, 0.5) is 5.69 Å².